The monoisotopic (exact) mass is 638 g/mol. The highest BCUT2D eigenvalue weighted by Gasteiger charge is 2.40. The predicted molar refractivity (Wildman–Crippen MR) is 155 cm³/mol. The molecule has 3 aliphatic rings. The molecule has 1 N–H and O–H groups in total. The molecule has 2 saturated heterocycles. The number of hydrogen-bond donors (Lipinski definition) is 1. The molecule has 3 aromatic carbocycles. The van der Waals surface area contributed by atoms with Gasteiger partial charge in [-0.3, -0.25) is 24.6 Å². The van der Waals surface area contributed by atoms with Crippen molar-refractivity contribution in [2.45, 2.75) is 38.6 Å². The van der Waals surface area contributed by atoms with Crippen molar-refractivity contribution in [1.29, 1.82) is 0 Å². The Balaban J connectivity index is 1.06. The number of halogens is 3. The first-order valence-corrected chi connectivity index (χ1v) is 14.6. The van der Waals surface area contributed by atoms with Crippen molar-refractivity contribution in [2.24, 2.45) is 0 Å². The van der Waals surface area contributed by atoms with Crippen LogP contribution in [0.2, 0.25) is 0 Å². The molecule has 42 heavy (non-hydrogen) atoms. The molecule has 218 valence electrons. The molecule has 1 atom stereocenters. The molecule has 0 spiro atoms. The first-order chi connectivity index (χ1) is 20.3. The second-order valence-electron chi connectivity index (χ2n) is 10.8. The summed E-state index contributed by atoms with van der Waals surface area (Å²) in [7, 11) is 0. The molecular formula is C31H29BrF2N4O4. The van der Waals surface area contributed by atoms with E-state index in [-0.39, 0.29) is 49.4 Å². The van der Waals surface area contributed by atoms with Crippen molar-refractivity contribution in [2.75, 3.05) is 31.1 Å². The van der Waals surface area contributed by atoms with Gasteiger partial charge in [0.2, 0.25) is 11.8 Å². The number of piperazine rings is 1. The van der Waals surface area contributed by atoms with Gasteiger partial charge < -0.3 is 14.5 Å². The summed E-state index contributed by atoms with van der Waals surface area (Å²) in [5, 5.41) is 2.30. The van der Waals surface area contributed by atoms with Crippen LogP contribution in [0.4, 0.5) is 14.5 Å². The molecule has 2 fully saturated rings. The highest BCUT2D eigenvalue weighted by atomic mass is 79.9. The Labute approximate surface area is 250 Å². The Bertz CT molecular complexity index is 1560. The Morgan fingerprint density at radius 2 is 1.76 bits per heavy atom. The van der Waals surface area contributed by atoms with Gasteiger partial charge in [0.1, 0.15) is 30.0 Å². The van der Waals surface area contributed by atoms with Gasteiger partial charge in [0.05, 0.1) is 12.2 Å². The number of fused-ring (bicyclic) bond motifs is 1. The van der Waals surface area contributed by atoms with Crippen molar-refractivity contribution >= 4 is 39.3 Å². The molecule has 3 amide bonds. The molecular weight excluding hydrogens is 610 g/mol. The van der Waals surface area contributed by atoms with E-state index in [1.54, 1.807) is 30.3 Å². The van der Waals surface area contributed by atoms with E-state index in [1.807, 2.05) is 17.0 Å². The summed E-state index contributed by atoms with van der Waals surface area (Å²) in [6, 6.07) is 14.6. The molecule has 3 aromatic rings. The molecule has 3 aliphatic heterocycles. The number of carbonyl (C=O) groups is 3. The number of anilines is 1. The number of benzene rings is 3. The topological polar surface area (TPSA) is 82.2 Å². The van der Waals surface area contributed by atoms with Crippen LogP contribution in [0.25, 0.3) is 0 Å². The summed E-state index contributed by atoms with van der Waals surface area (Å²) in [4.78, 5) is 42.6. The number of nitrogens with zero attached hydrogens (tertiary/aromatic N) is 3. The summed E-state index contributed by atoms with van der Waals surface area (Å²) >= 11 is 3.29. The van der Waals surface area contributed by atoms with E-state index in [4.69, 9.17) is 4.74 Å². The lowest BCUT2D eigenvalue weighted by molar-refractivity contribution is -0.136. The minimum atomic E-state index is -0.717. The number of imide groups is 1. The predicted octanol–water partition coefficient (Wildman–Crippen LogP) is 4.39. The van der Waals surface area contributed by atoms with E-state index in [9.17, 15) is 18.8 Å². The molecule has 0 aromatic heterocycles. The van der Waals surface area contributed by atoms with Gasteiger partial charge in [-0.15, -0.1) is 0 Å². The Morgan fingerprint density at radius 1 is 0.952 bits per heavy atom. The standard InChI is InChI=1S/C31H29BrF2N4O4/c32-21-6-7-26(25(34)15-21)37-12-10-36(11-13-37)16-19-4-5-20(24(33)14-19)18-42-28-3-1-2-22-23(28)17-38(31(22)41)27-8-9-29(39)35-30(27)40/h1-7,14-15,27H,8-13,16-18H2,(H,35,39,40)/t27-/m0/s1. The minimum Gasteiger partial charge on any atom is -0.488 e. The quantitative estimate of drug-likeness (QED) is 0.387. The summed E-state index contributed by atoms with van der Waals surface area (Å²) in [5.74, 6) is -1.28. The Hall–Kier alpha value is -3.83. The van der Waals surface area contributed by atoms with Crippen LogP contribution in [-0.4, -0.2) is 59.7 Å². The second-order valence-corrected chi connectivity index (χ2v) is 11.7. The highest BCUT2D eigenvalue weighted by Crippen LogP contribution is 2.34. The lowest BCUT2D eigenvalue weighted by Crippen LogP contribution is -2.52. The van der Waals surface area contributed by atoms with Crippen molar-refractivity contribution < 1.29 is 27.9 Å². The number of ether oxygens (including phenoxy) is 1. The van der Waals surface area contributed by atoms with Gasteiger partial charge in [-0.2, -0.15) is 0 Å². The van der Waals surface area contributed by atoms with Gasteiger partial charge >= 0.3 is 0 Å². The number of piperidine rings is 1. The number of amides is 3. The van der Waals surface area contributed by atoms with Gasteiger partial charge in [-0.1, -0.05) is 34.1 Å². The molecule has 0 unspecified atom stereocenters. The van der Waals surface area contributed by atoms with Gasteiger partial charge in [-0.05, 0) is 48.4 Å². The van der Waals surface area contributed by atoms with Crippen LogP contribution in [0, 0.1) is 11.6 Å². The van der Waals surface area contributed by atoms with E-state index in [0.717, 1.165) is 18.7 Å². The summed E-state index contributed by atoms with van der Waals surface area (Å²) in [6.07, 6.45) is 0.453. The fourth-order valence-electron chi connectivity index (χ4n) is 5.80. The van der Waals surface area contributed by atoms with Crippen LogP contribution >= 0.6 is 15.9 Å². The average molecular weight is 639 g/mol. The highest BCUT2D eigenvalue weighted by molar-refractivity contribution is 9.10. The third-order valence-electron chi connectivity index (χ3n) is 8.07. The molecule has 0 aliphatic carbocycles. The molecule has 6 rings (SSSR count). The number of hydrogen-bond acceptors (Lipinski definition) is 6. The fraction of sp³-hybridized carbons (Fsp3) is 0.323. The number of rotatable bonds is 7. The van der Waals surface area contributed by atoms with Crippen LogP contribution in [0.3, 0.4) is 0 Å². The molecule has 0 bridgehead atoms. The SMILES string of the molecule is O=C1CC[C@H](N2Cc3c(OCc4ccc(CN5CCN(c6ccc(Br)cc6F)CC5)cc4F)cccc3C2=O)C(=O)N1. The van der Waals surface area contributed by atoms with Gasteiger partial charge in [0, 0.05) is 60.3 Å². The van der Waals surface area contributed by atoms with E-state index >= 15 is 4.39 Å². The van der Waals surface area contributed by atoms with Gasteiger partial charge in [0.25, 0.3) is 5.91 Å². The van der Waals surface area contributed by atoms with Crippen molar-refractivity contribution in [1.82, 2.24) is 15.1 Å². The average Bonchev–Trinajstić information content (AvgIpc) is 3.30. The van der Waals surface area contributed by atoms with Crippen molar-refractivity contribution in [3.63, 3.8) is 0 Å². The third-order valence-corrected chi connectivity index (χ3v) is 8.56. The smallest absolute Gasteiger partial charge is 0.255 e. The summed E-state index contributed by atoms with van der Waals surface area (Å²) in [6.45, 7) is 3.56. The van der Waals surface area contributed by atoms with Gasteiger partial charge in [-0.25, -0.2) is 8.78 Å². The number of nitrogens with one attached hydrogen (secondary N) is 1. The maximum absolute atomic E-state index is 15.1. The van der Waals surface area contributed by atoms with Crippen LogP contribution < -0.4 is 15.0 Å². The molecule has 0 radical (unpaired) electrons. The molecule has 11 heteroatoms. The minimum absolute atomic E-state index is 0.0212. The maximum Gasteiger partial charge on any atom is 0.255 e. The van der Waals surface area contributed by atoms with Crippen LogP contribution in [0.5, 0.6) is 5.75 Å². The van der Waals surface area contributed by atoms with E-state index in [2.05, 4.69) is 26.1 Å². The van der Waals surface area contributed by atoms with Crippen molar-refractivity contribution in [3.05, 3.63) is 93.0 Å². The Kier molecular flexibility index (Phi) is 7.96. The Morgan fingerprint density at radius 3 is 2.50 bits per heavy atom. The zero-order chi connectivity index (χ0) is 29.4. The lowest BCUT2D eigenvalue weighted by atomic mass is 10.0. The molecule has 0 saturated carbocycles. The van der Waals surface area contributed by atoms with Crippen LogP contribution in [0.15, 0.2) is 59.1 Å². The number of carbonyl (C=O) groups excluding carboxylic acids is 3. The largest absolute Gasteiger partial charge is 0.488 e. The van der Waals surface area contributed by atoms with Crippen molar-refractivity contribution in [3.8, 4) is 5.75 Å². The zero-order valence-corrected chi connectivity index (χ0v) is 24.3. The third kappa shape index (κ3) is 5.76. The molecule has 3 heterocycles. The van der Waals surface area contributed by atoms with Crippen LogP contribution in [0.1, 0.15) is 39.9 Å². The molecule has 8 nitrogen and oxygen atoms in total. The summed E-state index contributed by atoms with van der Waals surface area (Å²) in [5.41, 5.74) is 2.90. The first kappa shape index (κ1) is 28.3. The first-order valence-electron chi connectivity index (χ1n) is 13.9. The van der Waals surface area contributed by atoms with Gasteiger partial charge in [0.15, 0.2) is 0 Å². The fourth-order valence-corrected chi connectivity index (χ4v) is 6.13. The van der Waals surface area contributed by atoms with Crippen LogP contribution in [-0.2, 0) is 29.3 Å². The normalized spacial score (nSPS) is 19.2. The zero-order valence-electron chi connectivity index (χ0n) is 22.7. The second kappa shape index (κ2) is 11.8. The lowest BCUT2D eigenvalue weighted by Gasteiger charge is -2.36. The van der Waals surface area contributed by atoms with E-state index in [1.165, 1.54) is 17.0 Å². The van der Waals surface area contributed by atoms with E-state index in [0.29, 0.717) is 52.2 Å². The maximum atomic E-state index is 15.1. The van der Waals surface area contributed by atoms with E-state index < -0.39 is 11.9 Å². The summed E-state index contributed by atoms with van der Waals surface area (Å²) < 4.78 is 36.1.